The van der Waals surface area contributed by atoms with Gasteiger partial charge in [0.15, 0.2) is 0 Å². The molecule has 4 rings (SSSR count). The molecule has 0 saturated carbocycles. The maximum atomic E-state index is 12.8. The van der Waals surface area contributed by atoms with Crippen LogP contribution in [0, 0.1) is 23.5 Å². The lowest BCUT2D eigenvalue weighted by atomic mass is 9.81. The molecule has 0 bridgehead atoms. The number of likely N-dealkylation sites (tertiary alicyclic amines) is 1. The van der Waals surface area contributed by atoms with E-state index in [0.29, 0.717) is 19.0 Å². The monoisotopic (exact) mass is 446 g/mol. The van der Waals surface area contributed by atoms with Crippen molar-refractivity contribution >= 4 is 6.41 Å². The predicted octanol–water partition coefficient (Wildman–Crippen LogP) is 2.89. The van der Waals surface area contributed by atoms with Crippen molar-refractivity contribution in [3.8, 4) is 0 Å². The van der Waals surface area contributed by atoms with Crippen LogP contribution in [-0.4, -0.2) is 60.9 Å². The van der Waals surface area contributed by atoms with Crippen molar-refractivity contribution in [2.24, 2.45) is 11.8 Å². The highest BCUT2D eigenvalue weighted by Gasteiger charge is 2.29. The first-order valence-electron chi connectivity index (χ1n) is 11.2. The Morgan fingerprint density at radius 1 is 0.875 bits per heavy atom. The summed E-state index contributed by atoms with van der Waals surface area (Å²) in [4.78, 5) is 12.4. The second-order valence-corrected chi connectivity index (χ2v) is 8.58. The van der Waals surface area contributed by atoms with Gasteiger partial charge >= 0.3 is 0 Å². The summed E-state index contributed by atoms with van der Waals surface area (Å²) in [6.45, 7) is 3.32. The van der Waals surface area contributed by atoms with Crippen LogP contribution < -0.4 is 5.32 Å². The lowest BCUT2D eigenvalue weighted by Gasteiger charge is -2.36. The van der Waals surface area contributed by atoms with Crippen molar-refractivity contribution in [3.05, 3.63) is 71.3 Å². The third-order valence-electron chi connectivity index (χ3n) is 6.59. The number of amides is 1. The summed E-state index contributed by atoms with van der Waals surface area (Å²) < 4.78 is 25.6. The van der Waals surface area contributed by atoms with Crippen LogP contribution in [0.15, 0.2) is 48.5 Å². The molecular formula is C25H32F2N2O3. The van der Waals surface area contributed by atoms with Gasteiger partial charge in [0.25, 0.3) is 0 Å². The SMILES string of the molecule is O=CN1CCC(c2ccc(F)cc2)C(CO)C1.OCC1CNCCC1c1ccc(F)cc1. The van der Waals surface area contributed by atoms with Gasteiger partial charge in [-0.15, -0.1) is 0 Å². The Bertz CT molecular complexity index is 832. The minimum absolute atomic E-state index is 0.0411. The van der Waals surface area contributed by atoms with E-state index in [4.69, 9.17) is 0 Å². The molecule has 7 heteroatoms. The Balaban J connectivity index is 0.000000182. The number of piperidine rings is 2. The maximum Gasteiger partial charge on any atom is 0.209 e. The average molecular weight is 447 g/mol. The van der Waals surface area contributed by atoms with Crippen LogP contribution in [0.1, 0.15) is 35.8 Å². The molecule has 2 heterocycles. The fourth-order valence-electron chi connectivity index (χ4n) is 4.75. The molecule has 1 amide bonds. The molecule has 2 aromatic carbocycles. The Morgan fingerprint density at radius 3 is 1.91 bits per heavy atom. The number of nitrogens with zero attached hydrogens (tertiary/aromatic N) is 1. The third kappa shape index (κ3) is 6.34. The highest BCUT2D eigenvalue weighted by atomic mass is 19.1. The first kappa shape index (κ1) is 24.3. The number of hydrogen-bond donors (Lipinski definition) is 3. The third-order valence-corrected chi connectivity index (χ3v) is 6.59. The number of halogens is 2. The van der Waals surface area contributed by atoms with Gasteiger partial charge in [-0.2, -0.15) is 0 Å². The van der Waals surface area contributed by atoms with E-state index in [1.807, 2.05) is 12.1 Å². The second kappa shape index (κ2) is 12.0. The van der Waals surface area contributed by atoms with E-state index in [1.54, 1.807) is 17.0 Å². The largest absolute Gasteiger partial charge is 0.396 e. The molecular weight excluding hydrogens is 414 g/mol. The Kier molecular flexibility index (Phi) is 9.14. The molecule has 2 fully saturated rings. The van der Waals surface area contributed by atoms with Crippen molar-refractivity contribution in [1.82, 2.24) is 10.2 Å². The minimum Gasteiger partial charge on any atom is -0.396 e. The first-order chi connectivity index (χ1) is 15.5. The number of hydrogen-bond acceptors (Lipinski definition) is 4. The van der Waals surface area contributed by atoms with E-state index in [0.717, 1.165) is 43.5 Å². The topological polar surface area (TPSA) is 72.8 Å². The van der Waals surface area contributed by atoms with Crippen molar-refractivity contribution < 1.29 is 23.8 Å². The molecule has 4 unspecified atom stereocenters. The molecule has 0 aromatic heterocycles. The summed E-state index contributed by atoms with van der Waals surface area (Å²) in [7, 11) is 0. The van der Waals surface area contributed by atoms with E-state index in [1.165, 1.54) is 24.3 Å². The molecule has 2 saturated heterocycles. The van der Waals surface area contributed by atoms with E-state index in [9.17, 15) is 23.8 Å². The van der Waals surface area contributed by atoms with Gasteiger partial charge in [-0.05, 0) is 66.6 Å². The van der Waals surface area contributed by atoms with Crippen molar-refractivity contribution in [2.75, 3.05) is 39.4 Å². The van der Waals surface area contributed by atoms with E-state index < -0.39 is 0 Å². The summed E-state index contributed by atoms with van der Waals surface area (Å²) >= 11 is 0. The van der Waals surface area contributed by atoms with Gasteiger partial charge in [0.05, 0.1) is 0 Å². The number of benzene rings is 2. The maximum absolute atomic E-state index is 12.8. The molecule has 0 radical (unpaired) electrons. The zero-order valence-corrected chi connectivity index (χ0v) is 18.2. The lowest BCUT2D eigenvalue weighted by molar-refractivity contribution is -0.120. The molecule has 2 aromatic rings. The standard InChI is InChI=1S/C13H16FNO2.C12H16FNO/c14-12-3-1-10(2-4-12)13-5-6-15(9-17)7-11(13)8-16;13-11-3-1-9(2-4-11)12-5-6-14-7-10(12)8-15/h1-4,9,11,13,16H,5-8H2;1-4,10,12,14-15H,5-8H2. The summed E-state index contributed by atoms with van der Waals surface area (Å²) in [6, 6.07) is 13.0. The molecule has 2 aliphatic rings. The van der Waals surface area contributed by atoms with Gasteiger partial charge in [-0.3, -0.25) is 4.79 Å². The van der Waals surface area contributed by atoms with Gasteiger partial charge in [0.2, 0.25) is 6.41 Å². The average Bonchev–Trinajstić information content (AvgIpc) is 2.85. The van der Waals surface area contributed by atoms with Crippen LogP contribution in [-0.2, 0) is 4.79 Å². The molecule has 2 aliphatic heterocycles. The molecule has 5 nitrogen and oxygen atoms in total. The molecule has 3 N–H and O–H groups in total. The fourth-order valence-corrected chi connectivity index (χ4v) is 4.75. The van der Waals surface area contributed by atoms with E-state index >= 15 is 0 Å². The Morgan fingerprint density at radius 2 is 1.41 bits per heavy atom. The van der Waals surface area contributed by atoms with Crippen LogP contribution >= 0.6 is 0 Å². The highest BCUT2D eigenvalue weighted by Crippen LogP contribution is 2.32. The second-order valence-electron chi connectivity index (χ2n) is 8.58. The fraction of sp³-hybridized carbons (Fsp3) is 0.480. The quantitative estimate of drug-likeness (QED) is 0.618. The van der Waals surface area contributed by atoms with Crippen molar-refractivity contribution in [3.63, 3.8) is 0 Å². The summed E-state index contributed by atoms with van der Waals surface area (Å²) in [5, 5.41) is 21.9. The lowest BCUT2D eigenvalue weighted by Crippen LogP contribution is -2.40. The van der Waals surface area contributed by atoms with Crippen LogP contribution in [0.3, 0.4) is 0 Å². The Labute approximate surface area is 188 Å². The number of carbonyl (C=O) groups excluding carboxylic acids is 1. The summed E-state index contributed by atoms with van der Waals surface area (Å²) in [5.41, 5.74) is 2.17. The summed E-state index contributed by atoms with van der Waals surface area (Å²) in [6.07, 6.45) is 2.65. The van der Waals surface area contributed by atoms with Gasteiger partial charge in [-0.1, -0.05) is 24.3 Å². The van der Waals surface area contributed by atoms with Crippen LogP contribution in [0.4, 0.5) is 8.78 Å². The van der Waals surface area contributed by atoms with Gasteiger partial charge in [0, 0.05) is 44.7 Å². The van der Waals surface area contributed by atoms with Crippen molar-refractivity contribution in [2.45, 2.75) is 24.7 Å². The zero-order chi connectivity index (χ0) is 22.9. The molecule has 174 valence electrons. The molecule has 4 atom stereocenters. The van der Waals surface area contributed by atoms with Crippen molar-refractivity contribution in [1.29, 1.82) is 0 Å². The molecule has 32 heavy (non-hydrogen) atoms. The van der Waals surface area contributed by atoms with Gasteiger partial charge in [-0.25, -0.2) is 8.78 Å². The smallest absolute Gasteiger partial charge is 0.209 e. The van der Waals surface area contributed by atoms with Gasteiger partial charge in [0.1, 0.15) is 11.6 Å². The van der Waals surface area contributed by atoms with E-state index in [2.05, 4.69) is 5.32 Å². The molecule has 0 aliphatic carbocycles. The Hall–Kier alpha value is -2.35. The number of aliphatic hydroxyl groups is 2. The number of nitrogens with one attached hydrogen (secondary N) is 1. The number of aliphatic hydroxyl groups excluding tert-OH is 2. The number of carbonyl (C=O) groups is 1. The minimum atomic E-state index is -0.250. The van der Waals surface area contributed by atoms with Crippen LogP contribution in [0.5, 0.6) is 0 Å². The molecule has 0 spiro atoms. The van der Waals surface area contributed by atoms with Crippen LogP contribution in [0.25, 0.3) is 0 Å². The predicted molar refractivity (Wildman–Crippen MR) is 119 cm³/mol. The van der Waals surface area contributed by atoms with Gasteiger partial charge < -0.3 is 20.4 Å². The highest BCUT2D eigenvalue weighted by molar-refractivity contribution is 5.47. The number of rotatable bonds is 5. The van der Waals surface area contributed by atoms with Crippen LogP contribution in [0.2, 0.25) is 0 Å². The normalized spacial score (nSPS) is 25.6. The summed E-state index contributed by atoms with van der Waals surface area (Å²) in [5.74, 6) is 0.408. The first-order valence-corrected chi connectivity index (χ1v) is 11.2. The zero-order valence-electron chi connectivity index (χ0n) is 18.2. The van der Waals surface area contributed by atoms with E-state index in [-0.39, 0.29) is 42.6 Å².